The van der Waals surface area contributed by atoms with Gasteiger partial charge in [0, 0.05) is 6.54 Å². The van der Waals surface area contributed by atoms with E-state index in [0.29, 0.717) is 5.75 Å². The number of aromatic hydroxyl groups is 1. The van der Waals surface area contributed by atoms with E-state index in [0.717, 1.165) is 0 Å². The van der Waals surface area contributed by atoms with Crippen molar-refractivity contribution in [2.45, 2.75) is 12.7 Å². The molecular formula is C20H19ClF3NO5. The molecule has 0 spiro atoms. The Labute approximate surface area is 175 Å². The molecule has 3 aromatic rings. The zero-order valence-corrected chi connectivity index (χ0v) is 17.1. The van der Waals surface area contributed by atoms with Gasteiger partial charge in [-0.15, -0.1) is 12.4 Å². The van der Waals surface area contributed by atoms with Crippen molar-refractivity contribution in [1.29, 1.82) is 0 Å². The molecule has 0 aliphatic heterocycles. The van der Waals surface area contributed by atoms with Crippen LogP contribution in [0.3, 0.4) is 0 Å². The van der Waals surface area contributed by atoms with Crippen LogP contribution in [0.1, 0.15) is 11.3 Å². The van der Waals surface area contributed by atoms with E-state index in [1.54, 1.807) is 19.0 Å². The predicted molar refractivity (Wildman–Crippen MR) is 107 cm³/mol. The third-order valence-corrected chi connectivity index (χ3v) is 4.11. The molecule has 0 unspecified atom stereocenters. The van der Waals surface area contributed by atoms with Crippen LogP contribution >= 0.6 is 12.4 Å². The molecule has 3 rings (SSSR count). The number of alkyl halides is 3. The number of methoxy groups -OCH3 is 1. The highest BCUT2D eigenvalue weighted by atomic mass is 35.5. The average molecular weight is 446 g/mol. The summed E-state index contributed by atoms with van der Waals surface area (Å²) in [6, 6.07) is 8.16. The summed E-state index contributed by atoms with van der Waals surface area (Å²) in [7, 11) is 4.78. The molecule has 1 N–H and O–H groups in total. The zero-order valence-electron chi connectivity index (χ0n) is 16.2. The number of phenols is 1. The van der Waals surface area contributed by atoms with Crippen LogP contribution in [-0.4, -0.2) is 31.2 Å². The lowest BCUT2D eigenvalue weighted by atomic mass is 10.1. The van der Waals surface area contributed by atoms with E-state index >= 15 is 0 Å². The van der Waals surface area contributed by atoms with Gasteiger partial charge in [-0.3, -0.25) is 4.79 Å². The largest absolute Gasteiger partial charge is 0.507 e. The normalized spacial score (nSPS) is 11.4. The number of hydrogen-bond donors (Lipinski definition) is 1. The van der Waals surface area contributed by atoms with Gasteiger partial charge in [-0.25, -0.2) is 0 Å². The third kappa shape index (κ3) is 4.63. The molecule has 2 aromatic carbocycles. The van der Waals surface area contributed by atoms with Crippen LogP contribution < -0.4 is 14.9 Å². The Morgan fingerprint density at radius 2 is 1.67 bits per heavy atom. The van der Waals surface area contributed by atoms with Gasteiger partial charge in [0.15, 0.2) is 0 Å². The van der Waals surface area contributed by atoms with Crippen LogP contribution in [-0.2, 0) is 12.7 Å². The minimum atomic E-state index is -4.99. The Morgan fingerprint density at radius 1 is 1.07 bits per heavy atom. The first-order chi connectivity index (χ1) is 13.6. The maximum atomic E-state index is 13.7. The smallest absolute Gasteiger partial charge is 0.453 e. The molecule has 0 amide bonds. The van der Waals surface area contributed by atoms with Crippen molar-refractivity contribution >= 4 is 23.4 Å². The van der Waals surface area contributed by atoms with Crippen molar-refractivity contribution in [3.05, 3.63) is 57.9 Å². The Balaban J connectivity index is 0.00000320. The van der Waals surface area contributed by atoms with Gasteiger partial charge >= 0.3 is 6.18 Å². The number of benzene rings is 2. The molecule has 0 aliphatic carbocycles. The van der Waals surface area contributed by atoms with Gasteiger partial charge in [0.1, 0.15) is 22.8 Å². The highest BCUT2D eigenvalue weighted by molar-refractivity contribution is 5.85. The van der Waals surface area contributed by atoms with Crippen molar-refractivity contribution in [1.82, 2.24) is 4.90 Å². The van der Waals surface area contributed by atoms with Crippen LogP contribution in [0.15, 0.2) is 45.6 Å². The molecule has 1 heterocycles. The summed E-state index contributed by atoms with van der Waals surface area (Å²) in [6.45, 7) is 0.0715. The van der Waals surface area contributed by atoms with Crippen LogP contribution in [0, 0.1) is 0 Å². The molecule has 0 saturated carbocycles. The molecule has 0 aliphatic rings. The van der Waals surface area contributed by atoms with Crippen molar-refractivity contribution in [2.24, 2.45) is 0 Å². The van der Waals surface area contributed by atoms with Crippen molar-refractivity contribution in [3.8, 4) is 23.0 Å². The maximum Gasteiger partial charge on any atom is 0.453 e. The molecule has 0 bridgehead atoms. The van der Waals surface area contributed by atoms with E-state index in [1.165, 1.54) is 43.5 Å². The van der Waals surface area contributed by atoms with Crippen LogP contribution in [0.5, 0.6) is 23.0 Å². The first kappa shape index (κ1) is 23.4. The van der Waals surface area contributed by atoms with E-state index < -0.39 is 23.1 Å². The van der Waals surface area contributed by atoms with Crippen LogP contribution in [0.4, 0.5) is 13.2 Å². The van der Waals surface area contributed by atoms with Crippen molar-refractivity contribution in [3.63, 3.8) is 0 Å². The van der Waals surface area contributed by atoms with E-state index in [-0.39, 0.29) is 47.0 Å². The molecule has 6 nitrogen and oxygen atoms in total. The van der Waals surface area contributed by atoms with E-state index in [9.17, 15) is 23.1 Å². The topological polar surface area (TPSA) is 72.1 Å². The Hall–Kier alpha value is -2.91. The molecule has 0 fully saturated rings. The predicted octanol–water partition coefficient (Wildman–Crippen LogP) is 4.80. The number of fused-ring (bicyclic) bond motifs is 1. The Kier molecular flexibility index (Phi) is 6.89. The van der Waals surface area contributed by atoms with Gasteiger partial charge in [0.05, 0.1) is 18.1 Å². The minimum absolute atomic E-state index is 0. The first-order valence-electron chi connectivity index (χ1n) is 8.47. The summed E-state index contributed by atoms with van der Waals surface area (Å²) >= 11 is 0. The van der Waals surface area contributed by atoms with Gasteiger partial charge < -0.3 is 23.9 Å². The molecule has 30 heavy (non-hydrogen) atoms. The number of halogens is 4. The summed E-state index contributed by atoms with van der Waals surface area (Å²) in [4.78, 5) is 14.5. The quantitative estimate of drug-likeness (QED) is 0.608. The fourth-order valence-electron chi connectivity index (χ4n) is 2.80. The monoisotopic (exact) mass is 445 g/mol. The van der Waals surface area contributed by atoms with Gasteiger partial charge in [-0.05, 0) is 50.5 Å². The highest BCUT2D eigenvalue weighted by Crippen LogP contribution is 2.40. The molecule has 1 aromatic heterocycles. The minimum Gasteiger partial charge on any atom is -0.507 e. The standard InChI is InChI=1S/C20H18F3NO5.ClH/c1-24(2)10-14-15(25)9-8-13-16(26)18(19(20(21,22)23)29-17(13)14)28-12-6-4-11(27-3)5-7-12;/h4-9,25H,10H2,1-3H3;1H. The van der Waals surface area contributed by atoms with Gasteiger partial charge in [-0.2, -0.15) is 13.2 Å². The fourth-order valence-corrected chi connectivity index (χ4v) is 2.80. The summed E-state index contributed by atoms with van der Waals surface area (Å²) in [6.07, 6.45) is -4.99. The summed E-state index contributed by atoms with van der Waals surface area (Å²) in [5, 5.41) is 9.95. The Morgan fingerprint density at radius 3 is 2.20 bits per heavy atom. The molecule has 0 atom stereocenters. The van der Waals surface area contributed by atoms with E-state index in [1.807, 2.05) is 0 Å². The number of ether oxygens (including phenoxy) is 2. The van der Waals surface area contributed by atoms with E-state index in [4.69, 9.17) is 13.9 Å². The molecule has 0 saturated heterocycles. The molecule has 162 valence electrons. The van der Waals surface area contributed by atoms with E-state index in [2.05, 4.69) is 0 Å². The summed E-state index contributed by atoms with van der Waals surface area (Å²) in [5.41, 5.74) is -1.25. The first-order valence-corrected chi connectivity index (χ1v) is 8.47. The molecule has 0 radical (unpaired) electrons. The van der Waals surface area contributed by atoms with Gasteiger partial charge in [0.25, 0.3) is 5.76 Å². The average Bonchev–Trinajstić information content (AvgIpc) is 2.65. The maximum absolute atomic E-state index is 13.7. The second kappa shape index (κ2) is 8.85. The highest BCUT2D eigenvalue weighted by Gasteiger charge is 2.41. The number of phenolic OH excluding ortho intramolecular Hbond substituents is 1. The summed E-state index contributed by atoms with van der Waals surface area (Å²) < 4.78 is 56.4. The molecular weight excluding hydrogens is 427 g/mol. The second-order valence-electron chi connectivity index (χ2n) is 6.54. The Bertz CT molecular complexity index is 1090. The second-order valence-corrected chi connectivity index (χ2v) is 6.54. The lowest BCUT2D eigenvalue weighted by molar-refractivity contribution is -0.154. The molecule has 10 heteroatoms. The SMILES string of the molecule is COc1ccc(Oc2c(C(F)(F)F)oc3c(CN(C)C)c(O)ccc3c2=O)cc1.Cl. The van der Waals surface area contributed by atoms with Gasteiger partial charge in [0.2, 0.25) is 11.2 Å². The third-order valence-electron chi connectivity index (χ3n) is 4.11. The lowest BCUT2D eigenvalue weighted by Gasteiger charge is -2.17. The lowest BCUT2D eigenvalue weighted by Crippen LogP contribution is -2.17. The summed E-state index contributed by atoms with van der Waals surface area (Å²) in [5.74, 6) is -2.34. The fraction of sp³-hybridized carbons (Fsp3) is 0.250. The number of nitrogens with zero attached hydrogens (tertiary/aromatic N) is 1. The van der Waals surface area contributed by atoms with Crippen molar-refractivity contribution < 1.29 is 32.2 Å². The van der Waals surface area contributed by atoms with Gasteiger partial charge in [-0.1, -0.05) is 0 Å². The number of rotatable bonds is 5. The van der Waals surface area contributed by atoms with Crippen LogP contribution in [0.25, 0.3) is 11.0 Å². The zero-order chi connectivity index (χ0) is 21.3. The number of hydrogen-bond acceptors (Lipinski definition) is 6. The van der Waals surface area contributed by atoms with Crippen molar-refractivity contribution in [2.75, 3.05) is 21.2 Å². The van der Waals surface area contributed by atoms with Crippen LogP contribution in [0.2, 0.25) is 0 Å².